The van der Waals surface area contributed by atoms with Gasteiger partial charge in [0.25, 0.3) is 0 Å². The molecule has 1 aromatic heterocycles. The second-order valence-electron chi connectivity index (χ2n) is 4.04. The number of nitrogens with zero attached hydrogens (tertiary/aromatic N) is 2. The van der Waals surface area contributed by atoms with Gasteiger partial charge in [-0.25, -0.2) is 0 Å². The molecule has 0 unspecified atom stereocenters. The van der Waals surface area contributed by atoms with E-state index in [4.69, 9.17) is 10.8 Å². The van der Waals surface area contributed by atoms with Crippen LogP contribution in [0.2, 0.25) is 0 Å². The SMILES string of the molecule is Cc1nn(C)c(NCCCCCCO)c1N. The molecule has 1 aromatic rings. The van der Waals surface area contributed by atoms with Crippen LogP contribution in [0.25, 0.3) is 0 Å². The highest BCUT2D eigenvalue weighted by atomic mass is 16.2. The average Bonchev–Trinajstić information content (AvgIpc) is 2.49. The summed E-state index contributed by atoms with van der Waals surface area (Å²) in [4.78, 5) is 0. The lowest BCUT2D eigenvalue weighted by Gasteiger charge is -2.07. The van der Waals surface area contributed by atoms with Crippen molar-refractivity contribution >= 4 is 11.5 Å². The molecule has 5 heteroatoms. The van der Waals surface area contributed by atoms with Crippen LogP contribution in [0.4, 0.5) is 11.5 Å². The minimum absolute atomic E-state index is 0.293. The van der Waals surface area contributed by atoms with Crippen LogP contribution in [-0.4, -0.2) is 28.0 Å². The number of anilines is 2. The monoisotopic (exact) mass is 226 g/mol. The predicted octanol–water partition coefficient (Wildman–Crippen LogP) is 1.28. The molecule has 0 bridgehead atoms. The average molecular weight is 226 g/mol. The lowest BCUT2D eigenvalue weighted by atomic mass is 10.2. The molecule has 1 heterocycles. The van der Waals surface area contributed by atoms with E-state index in [1.807, 2.05) is 14.0 Å². The summed E-state index contributed by atoms with van der Waals surface area (Å²) in [5, 5.41) is 16.2. The summed E-state index contributed by atoms with van der Waals surface area (Å²) in [5.41, 5.74) is 7.49. The van der Waals surface area contributed by atoms with Gasteiger partial charge in [0.15, 0.2) is 0 Å². The number of hydrogen-bond acceptors (Lipinski definition) is 4. The summed E-state index contributed by atoms with van der Waals surface area (Å²) in [7, 11) is 1.89. The summed E-state index contributed by atoms with van der Waals surface area (Å²) >= 11 is 0. The Kier molecular flexibility index (Phi) is 5.11. The Balaban J connectivity index is 2.26. The fraction of sp³-hybridized carbons (Fsp3) is 0.727. The first-order valence-corrected chi connectivity index (χ1v) is 5.80. The number of aryl methyl sites for hydroxylation is 2. The number of nitrogen functional groups attached to an aromatic ring is 1. The zero-order valence-corrected chi connectivity index (χ0v) is 10.2. The number of aliphatic hydroxyl groups excluding tert-OH is 1. The van der Waals surface area contributed by atoms with E-state index >= 15 is 0 Å². The molecule has 0 saturated heterocycles. The van der Waals surface area contributed by atoms with E-state index in [0.717, 1.165) is 49.4 Å². The molecule has 1 rings (SSSR count). The molecular weight excluding hydrogens is 204 g/mol. The standard InChI is InChI=1S/C11H22N4O/c1-9-10(12)11(15(2)14-9)13-7-5-3-4-6-8-16/h13,16H,3-8,12H2,1-2H3. The van der Waals surface area contributed by atoms with Crippen molar-refractivity contribution in [2.24, 2.45) is 7.05 Å². The second-order valence-corrected chi connectivity index (χ2v) is 4.04. The smallest absolute Gasteiger partial charge is 0.147 e. The fourth-order valence-electron chi connectivity index (χ4n) is 1.68. The van der Waals surface area contributed by atoms with Gasteiger partial charge in [-0.05, 0) is 19.8 Å². The van der Waals surface area contributed by atoms with Gasteiger partial charge in [-0.15, -0.1) is 0 Å². The van der Waals surface area contributed by atoms with E-state index in [9.17, 15) is 0 Å². The van der Waals surface area contributed by atoms with E-state index in [2.05, 4.69) is 10.4 Å². The molecule has 0 radical (unpaired) electrons. The minimum Gasteiger partial charge on any atom is -0.396 e. The van der Waals surface area contributed by atoms with Crippen molar-refractivity contribution in [3.8, 4) is 0 Å². The van der Waals surface area contributed by atoms with E-state index in [1.54, 1.807) is 4.68 Å². The molecule has 0 spiro atoms. The van der Waals surface area contributed by atoms with Gasteiger partial charge in [-0.3, -0.25) is 4.68 Å². The van der Waals surface area contributed by atoms with Crippen molar-refractivity contribution in [3.05, 3.63) is 5.69 Å². The summed E-state index contributed by atoms with van der Waals surface area (Å²) < 4.78 is 1.78. The van der Waals surface area contributed by atoms with Gasteiger partial charge in [-0.2, -0.15) is 5.10 Å². The summed E-state index contributed by atoms with van der Waals surface area (Å²) in [6.45, 7) is 3.09. The number of hydrogen-bond donors (Lipinski definition) is 3. The molecule has 0 aliphatic carbocycles. The first-order valence-electron chi connectivity index (χ1n) is 5.80. The second kappa shape index (κ2) is 6.37. The minimum atomic E-state index is 0.293. The van der Waals surface area contributed by atoms with Crippen LogP contribution in [0.1, 0.15) is 31.4 Å². The maximum absolute atomic E-state index is 8.63. The number of nitrogens with two attached hydrogens (primary N) is 1. The lowest BCUT2D eigenvalue weighted by Crippen LogP contribution is -2.07. The molecule has 0 fully saturated rings. The Labute approximate surface area is 96.6 Å². The third kappa shape index (κ3) is 3.41. The van der Waals surface area contributed by atoms with Crippen molar-refractivity contribution in [2.45, 2.75) is 32.6 Å². The maximum atomic E-state index is 8.63. The molecule has 0 atom stereocenters. The highest BCUT2D eigenvalue weighted by Crippen LogP contribution is 2.20. The normalized spacial score (nSPS) is 10.7. The molecule has 92 valence electrons. The number of nitrogens with one attached hydrogen (secondary N) is 1. The van der Waals surface area contributed by atoms with Crippen LogP contribution < -0.4 is 11.1 Å². The Morgan fingerprint density at radius 3 is 2.56 bits per heavy atom. The topological polar surface area (TPSA) is 76.1 Å². The fourth-order valence-corrected chi connectivity index (χ4v) is 1.68. The predicted molar refractivity (Wildman–Crippen MR) is 66.4 cm³/mol. The quantitative estimate of drug-likeness (QED) is 0.612. The van der Waals surface area contributed by atoms with Gasteiger partial charge in [0, 0.05) is 20.2 Å². The Bertz CT molecular complexity index is 322. The molecule has 0 aliphatic heterocycles. The molecule has 5 nitrogen and oxygen atoms in total. The van der Waals surface area contributed by atoms with Crippen molar-refractivity contribution in [1.82, 2.24) is 9.78 Å². The third-order valence-electron chi connectivity index (χ3n) is 2.65. The zero-order chi connectivity index (χ0) is 12.0. The Morgan fingerprint density at radius 1 is 1.31 bits per heavy atom. The van der Waals surface area contributed by atoms with E-state index in [1.165, 1.54) is 0 Å². The highest BCUT2D eigenvalue weighted by molar-refractivity contribution is 5.64. The molecule has 0 amide bonds. The largest absolute Gasteiger partial charge is 0.396 e. The first kappa shape index (κ1) is 12.8. The number of unbranched alkanes of at least 4 members (excludes halogenated alkanes) is 3. The number of rotatable bonds is 7. The summed E-state index contributed by atoms with van der Waals surface area (Å²) in [6.07, 6.45) is 4.19. The van der Waals surface area contributed by atoms with Crippen LogP contribution in [0.5, 0.6) is 0 Å². The Morgan fingerprint density at radius 2 is 2.00 bits per heavy atom. The van der Waals surface area contributed by atoms with Crippen molar-refractivity contribution in [3.63, 3.8) is 0 Å². The molecule has 16 heavy (non-hydrogen) atoms. The molecule has 0 aromatic carbocycles. The van der Waals surface area contributed by atoms with E-state index in [0.29, 0.717) is 6.61 Å². The van der Waals surface area contributed by atoms with Crippen molar-refractivity contribution in [2.75, 3.05) is 24.2 Å². The Hall–Kier alpha value is -1.23. The van der Waals surface area contributed by atoms with Gasteiger partial charge in [0.2, 0.25) is 0 Å². The van der Waals surface area contributed by atoms with Crippen molar-refractivity contribution in [1.29, 1.82) is 0 Å². The van der Waals surface area contributed by atoms with E-state index in [-0.39, 0.29) is 0 Å². The van der Waals surface area contributed by atoms with E-state index < -0.39 is 0 Å². The molecule has 4 N–H and O–H groups in total. The van der Waals surface area contributed by atoms with Gasteiger partial charge >= 0.3 is 0 Å². The van der Waals surface area contributed by atoms with Crippen LogP contribution in [0, 0.1) is 6.92 Å². The van der Waals surface area contributed by atoms with Crippen LogP contribution >= 0.6 is 0 Å². The lowest BCUT2D eigenvalue weighted by molar-refractivity contribution is 0.283. The highest BCUT2D eigenvalue weighted by Gasteiger charge is 2.08. The number of aromatic nitrogens is 2. The molecule has 0 aliphatic rings. The maximum Gasteiger partial charge on any atom is 0.147 e. The molecule has 0 saturated carbocycles. The van der Waals surface area contributed by atoms with Crippen molar-refractivity contribution < 1.29 is 5.11 Å². The van der Waals surface area contributed by atoms with Crippen LogP contribution in [0.15, 0.2) is 0 Å². The first-order chi connectivity index (χ1) is 7.66. The van der Waals surface area contributed by atoms with Crippen LogP contribution in [0.3, 0.4) is 0 Å². The molecular formula is C11H22N4O. The third-order valence-corrected chi connectivity index (χ3v) is 2.65. The van der Waals surface area contributed by atoms with Crippen LogP contribution in [-0.2, 0) is 7.05 Å². The van der Waals surface area contributed by atoms with Gasteiger partial charge < -0.3 is 16.2 Å². The summed E-state index contributed by atoms with van der Waals surface area (Å²) in [5.74, 6) is 0.902. The van der Waals surface area contributed by atoms with Gasteiger partial charge in [0.1, 0.15) is 5.82 Å². The zero-order valence-electron chi connectivity index (χ0n) is 10.2. The van der Waals surface area contributed by atoms with Gasteiger partial charge in [-0.1, -0.05) is 12.8 Å². The number of aliphatic hydroxyl groups is 1. The van der Waals surface area contributed by atoms with Gasteiger partial charge in [0.05, 0.1) is 11.4 Å². The summed E-state index contributed by atoms with van der Waals surface area (Å²) in [6, 6.07) is 0.